The number of benzene rings is 2. The lowest BCUT2D eigenvalue weighted by atomic mass is 9.93. The highest BCUT2D eigenvalue weighted by Crippen LogP contribution is 2.33. The van der Waals surface area contributed by atoms with Crippen LogP contribution in [-0.4, -0.2) is 22.4 Å². The van der Waals surface area contributed by atoms with Crippen molar-refractivity contribution in [1.29, 1.82) is 0 Å². The highest BCUT2D eigenvalue weighted by atomic mass is 19.4. The smallest absolute Gasteiger partial charge is 0.323 e. The third-order valence-electron chi connectivity index (χ3n) is 4.75. The molecule has 2 aromatic carbocycles. The van der Waals surface area contributed by atoms with Crippen LogP contribution < -0.4 is 5.32 Å². The maximum atomic E-state index is 13.2. The number of hydrogen-bond acceptors (Lipinski definition) is 2. The summed E-state index contributed by atoms with van der Waals surface area (Å²) in [6, 6.07) is 13.8. The molecule has 1 fully saturated rings. The number of amides is 3. The Bertz CT molecular complexity index is 852. The number of carbonyl (C=O) groups is 2. The zero-order valence-corrected chi connectivity index (χ0v) is 14.7. The summed E-state index contributed by atoms with van der Waals surface area (Å²) in [6.07, 6.45) is -3.62. The predicted octanol–water partition coefficient (Wildman–Crippen LogP) is 4.15. The molecule has 0 unspecified atom stereocenters. The quantitative estimate of drug-likeness (QED) is 0.797. The van der Waals surface area contributed by atoms with E-state index in [1.165, 1.54) is 18.2 Å². The predicted molar refractivity (Wildman–Crippen MR) is 93.7 cm³/mol. The van der Waals surface area contributed by atoms with Crippen LogP contribution in [0.15, 0.2) is 54.6 Å². The molecular formula is C20H19F3N2O2. The van der Waals surface area contributed by atoms with Crippen LogP contribution >= 0.6 is 0 Å². The molecule has 3 amide bonds. The average Bonchev–Trinajstić information content (AvgIpc) is 2.84. The molecule has 0 aromatic heterocycles. The number of urea groups is 1. The van der Waals surface area contributed by atoms with Gasteiger partial charge in [-0.1, -0.05) is 48.5 Å². The van der Waals surface area contributed by atoms with Crippen LogP contribution in [0.3, 0.4) is 0 Å². The van der Waals surface area contributed by atoms with Gasteiger partial charge in [-0.3, -0.25) is 9.69 Å². The lowest BCUT2D eigenvalue weighted by molar-refractivity contribution is -0.139. The van der Waals surface area contributed by atoms with E-state index in [2.05, 4.69) is 5.32 Å². The van der Waals surface area contributed by atoms with Crippen molar-refractivity contribution in [2.75, 3.05) is 0 Å². The molecule has 0 radical (unpaired) electrons. The minimum absolute atomic E-state index is 0.110. The van der Waals surface area contributed by atoms with Crippen LogP contribution in [0.25, 0.3) is 0 Å². The Morgan fingerprint density at radius 1 is 1.00 bits per heavy atom. The number of alkyl halides is 3. The Hall–Kier alpha value is -2.83. The van der Waals surface area contributed by atoms with E-state index in [0.29, 0.717) is 12.8 Å². The van der Waals surface area contributed by atoms with Crippen molar-refractivity contribution < 1.29 is 22.8 Å². The van der Waals surface area contributed by atoms with E-state index in [1.807, 2.05) is 30.3 Å². The molecule has 4 nitrogen and oxygen atoms in total. The molecule has 1 heterocycles. The monoisotopic (exact) mass is 376 g/mol. The standard InChI is InChI=1S/C20H19F3N2O2/c1-19(12-11-14-7-3-2-4-8-14)17(26)25(18(27)24-19)13-15-9-5-6-10-16(15)20(21,22)23/h2-10H,11-13H2,1H3,(H,24,27)/t19-/m0/s1. The Morgan fingerprint density at radius 3 is 2.30 bits per heavy atom. The van der Waals surface area contributed by atoms with E-state index in [1.54, 1.807) is 6.92 Å². The number of halogens is 3. The number of carbonyl (C=O) groups excluding carboxylic acids is 2. The summed E-state index contributed by atoms with van der Waals surface area (Å²) in [4.78, 5) is 25.9. The summed E-state index contributed by atoms with van der Waals surface area (Å²) < 4.78 is 39.5. The normalized spacial score (nSPS) is 20.1. The van der Waals surface area contributed by atoms with Gasteiger partial charge in [0.25, 0.3) is 5.91 Å². The molecule has 3 rings (SSSR count). The minimum Gasteiger partial charge on any atom is -0.323 e. The van der Waals surface area contributed by atoms with Crippen molar-refractivity contribution in [3.63, 3.8) is 0 Å². The van der Waals surface area contributed by atoms with Gasteiger partial charge in [0.15, 0.2) is 0 Å². The van der Waals surface area contributed by atoms with E-state index in [9.17, 15) is 22.8 Å². The molecule has 142 valence electrons. The zero-order valence-electron chi connectivity index (χ0n) is 14.7. The number of rotatable bonds is 5. The molecule has 1 atom stereocenters. The summed E-state index contributed by atoms with van der Waals surface area (Å²) in [7, 11) is 0. The summed E-state index contributed by atoms with van der Waals surface area (Å²) >= 11 is 0. The number of nitrogens with one attached hydrogen (secondary N) is 1. The fourth-order valence-electron chi connectivity index (χ4n) is 3.20. The molecule has 1 saturated heterocycles. The van der Waals surface area contributed by atoms with Crippen LogP contribution in [0.1, 0.15) is 30.0 Å². The highest BCUT2D eigenvalue weighted by molar-refractivity contribution is 6.06. The first-order valence-corrected chi connectivity index (χ1v) is 8.54. The van der Waals surface area contributed by atoms with Crippen molar-refractivity contribution in [2.24, 2.45) is 0 Å². The average molecular weight is 376 g/mol. The summed E-state index contributed by atoms with van der Waals surface area (Å²) in [6.45, 7) is 1.19. The van der Waals surface area contributed by atoms with Gasteiger partial charge in [0.2, 0.25) is 0 Å². The molecule has 2 aromatic rings. The summed E-state index contributed by atoms with van der Waals surface area (Å²) in [5.41, 5.74) is -1.08. The summed E-state index contributed by atoms with van der Waals surface area (Å²) in [5.74, 6) is -0.514. The number of imide groups is 1. The van der Waals surface area contributed by atoms with Crippen molar-refractivity contribution in [3.05, 3.63) is 71.3 Å². The van der Waals surface area contributed by atoms with Gasteiger partial charge in [0, 0.05) is 0 Å². The molecule has 0 saturated carbocycles. The van der Waals surface area contributed by atoms with Gasteiger partial charge in [-0.15, -0.1) is 0 Å². The lowest BCUT2D eigenvalue weighted by Crippen LogP contribution is -2.44. The van der Waals surface area contributed by atoms with Crippen molar-refractivity contribution in [1.82, 2.24) is 10.2 Å². The third kappa shape index (κ3) is 3.97. The molecule has 0 spiro atoms. The van der Waals surface area contributed by atoms with Crippen LogP contribution in [0.5, 0.6) is 0 Å². The van der Waals surface area contributed by atoms with Gasteiger partial charge in [-0.25, -0.2) is 4.79 Å². The molecule has 0 aliphatic carbocycles. The first-order valence-electron chi connectivity index (χ1n) is 8.54. The molecule has 1 aliphatic rings. The molecule has 0 bridgehead atoms. The topological polar surface area (TPSA) is 49.4 Å². The van der Waals surface area contributed by atoms with Gasteiger partial charge in [-0.05, 0) is 37.0 Å². The second-order valence-electron chi connectivity index (χ2n) is 6.79. The van der Waals surface area contributed by atoms with Crippen molar-refractivity contribution >= 4 is 11.9 Å². The molecule has 1 N–H and O–H groups in total. The van der Waals surface area contributed by atoms with Crippen LogP contribution in [-0.2, 0) is 23.9 Å². The van der Waals surface area contributed by atoms with Crippen LogP contribution in [0, 0.1) is 0 Å². The second kappa shape index (κ2) is 7.06. The van der Waals surface area contributed by atoms with Crippen LogP contribution in [0.4, 0.5) is 18.0 Å². The number of hydrogen-bond donors (Lipinski definition) is 1. The maximum Gasteiger partial charge on any atom is 0.416 e. The lowest BCUT2D eigenvalue weighted by Gasteiger charge is -2.22. The van der Waals surface area contributed by atoms with E-state index >= 15 is 0 Å². The van der Waals surface area contributed by atoms with E-state index in [-0.39, 0.29) is 5.56 Å². The van der Waals surface area contributed by atoms with E-state index in [0.717, 1.165) is 16.5 Å². The maximum absolute atomic E-state index is 13.2. The van der Waals surface area contributed by atoms with Gasteiger partial charge >= 0.3 is 12.2 Å². The van der Waals surface area contributed by atoms with Crippen LogP contribution in [0.2, 0.25) is 0 Å². The summed E-state index contributed by atoms with van der Waals surface area (Å²) in [5, 5.41) is 2.64. The SMILES string of the molecule is C[C@@]1(CCc2ccccc2)NC(=O)N(Cc2ccccc2C(F)(F)F)C1=O. The Labute approximate surface area is 155 Å². The second-order valence-corrected chi connectivity index (χ2v) is 6.79. The van der Waals surface area contributed by atoms with Crippen molar-refractivity contribution in [3.8, 4) is 0 Å². The van der Waals surface area contributed by atoms with Gasteiger partial charge < -0.3 is 5.32 Å². The Balaban J connectivity index is 1.77. The Kier molecular flexibility index (Phi) is 4.95. The van der Waals surface area contributed by atoms with Gasteiger partial charge in [-0.2, -0.15) is 13.2 Å². The number of aryl methyl sites for hydroxylation is 1. The fourth-order valence-corrected chi connectivity index (χ4v) is 3.20. The third-order valence-corrected chi connectivity index (χ3v) is 4.75. The van der Waals surface area contributed by atoms with Crippen molar-refractivity contribution in [2.45, 2.75) is 38.0 Å². The molecule has 7 heteroatoms. The highest BCUT2D eigenvalue weighted by Gasteiger charge is 2.47. The minimum atomic E-state index is -4.55. The Morgan fingerprint density at radius 2 is 1.63 bits per heavy atom. The first-order chi connectivity index (χ1) is 12.7. The molecular weight excluding hydrogens is 357 g/mol. The molecule has 27 heavy (non-hydrogen) atoms. The van der Waals surface area contributed by atoms with Gasteiger partial charge in [0.1, 0.15) is 5.54 Å². The van der Waals surface area contributed by atoms with E-state index < -0.39 is 35.8 Å². The first kappa shape index (κ1) is 18.9. The van der Waals surface area contributed by atoms with Gasteiger partial charge in [0.05, 0.1) is 12.1 Å². The van der Waals surface area contributed by atoms with E-state index in [4.69, 9.17) is 0 Å². The number of nitrogens with zero attached hydrogens (tertiary/aromatic N) is 1. The molecule has 1 aliphatic heterocycles. The largest absolute Gasteiger partial charge is 0.416 e. The fraction of sp³-hybridized carbons (Fsp3) is 0.300. The zero-order chi connectivity index (χ0) is 19.7.